The van der Waals surface area contributed by atoms with Crippen LogP contribution in [0.1, 0.15) is 61.0 Å². The molecule has 2 saturated heterocycles. The number of carbonyl (C=O) groups is 1. The van der Waals surface area contributed by atoms with E-state index in [0.717, 1.165) is 36.3 Å². The molecule has 0 spiro atoms. The van der Waals surface area contributed by atoms with Crippen LogP contribution in [-0.2, 0) is 0 Å². The lowest BCUT2D eigenvalue weighted by Gasteiger charge is -2.35. The van der Waals surface area contributed by atoms with Crippen molar-refractivity contribution in [2.24, 2.45) is 17.6 Å². The third kappa shape index (κ3) is 4.97. The van der Waals surface area contributed by atoms with Crippen molar-refractivity contribution < 1.29 is 4.79 Å². The van der Waals surface area contributed by atoms with Crippen molar-refractivity contribution in [1.29, 1.82) is 0 Å². The normalized spacial score (nSPS) is 20.5. The number of carbonyl (C=O) groups excluding carboxylic acids is 1. The van der Waals surface area contributed by atoms with Gasteiger partial charge < -0.3 is 15.5 Å². The number of nitrogens with two attached hydrogens (primary N) is 1. The molecular weight excluding hydrogens is 324 g/mol. The molecule has 2 aliphatic heterocycles. The largest absolute Gasteiger partial charge is 0.371 e. The van der Waals surface area contributed by atoms with Gasteiger partial charge in [0.25, 0.3) is 5.91 Å². The SMILES string of the molecule is Cc1cc(N2CCC(CCCC3CCN(C)CC3)CC2)c(C(N)=O)cn1. The number of hydrogen-bond donors (Lipinski definition) is 1. The summed E-state index contributed by atoms with van der Waals surface area (Å²) >= 11 is 0. The predicted octanol–water partition coefficient (Wildman–Crippen LogP) is 3.22. The van der Waals surface area contributed by atoms with Gasteiger partial charge in [-0.3, -0.25) is 9.78 Å². The Morgan fingerprint density at radius 2 is 1.69 bits per heavy atom. The standard InChI is InChI=1S/C21H34N4O/c1-16-14-20(19(15-23-16)21(22)26)25-12-8-18(9-13-25)5-3-4-17-6-10-24(2)11-7-17/h14-15,17-18H,3-13H2,1-2H3,(H2,22,26). The first-order chi connectivity index (χ1) is 12.5. The molecule has 5 heteroatoms. The summed E-state index contributed by atoms with van der Waals surface area (Å²) in [5, 5.41) is 0. The van der Waals surface area contributed by atoms with E-state index in [9.17, 15) is 4.79 Å². The number of aryl methyl sites for hydroxylation is 1. The summed E-state index contributed by atoms with van der Waals surface area (Å²) in [6.45, 7) is 6.54. The maximum atomic E-state index is 11.7. The third-order valence-corrected chi connectivity index (χ3v) is 6.30. The maximum Gasteiger partial charge on any atom is 0.252 e. The zero-order valence-corrected chi connectivity index (χ0v) is 16.4. The van der Waals surface area contributed by atoms with Crippen molar-refractivity contribution in [2.75, 3.05) is 38.1 Å². The van der Waals surface area contributed by atoms with Crippen molar-refractivity contribution in [1.82, 2.24) is 9.88 Å². The Morgan fingerprint density at radius 1 is 1.12 bits per heavy atom. The number of rotatable bonds is 6. The van der Waals surface area contributed by atoms with Gasteiger partial charge in [0, 0.05) is 25.0 Å². The van der Waals surface area contributed by atoms with E-state index in [1.165, 1.54) is 58.0 Å². The first-order valence-corrected chi connectivity index (χ1v) is 10.2. The zero-order chi connectivity index (χ0) is 18.5. The third-order valence-electron chi connectivity index (χ3n) is 6.30. The molecule has 3 heterocycles. The number of hydrogen-bond acceptors (Lipinski definition) is 4. The molecule has 1 aromatic rings. The summed E-state index contributed by atoms with van der Waals surface area (Å²) in [7, 11) is 2.23. The predicted molar refractivity (Wildman–Crippen MR) is 107 cm³/mol. The molecule has 1 amide bonds. The van der Waals surface area contributed by atoms with Gasteiger partial charge in [-0.1, -0.05) is 19.3 Å². The molecule has 0 atom stereocenters. The number of piperidine rings is 2. The zero-order valence-electron chi connectivity index (χ0n) is 16.4. The smallest absolute Gasteiger partial charge is 0.252 e. The van der Waals surface area contributed by atoms with Crippen molar-refractivity contribution in [3.63, 3.8) is 0 Å². The Labute approximate surface area is 157 Å². The number of nitrogens with zero attached hydrogens (tertiary/aromatic N) is 3. The highest BCUT2D eigenvalue weighted by atomic mass is 16.1. The van der Waals surface area contributed by atoms with Crippen LogP contribution in [0.4, 0.5) is 5.69 Å². The van der Waals surface area contributed by atoms with Gasteiger partial charge in [-0.05, 0) is 70.6 Å². The average molecular weight is 359 g/mol. The minimum absolute atomic E-state index is 0.382. The number of primary amides is 1. The van der Waals surface area contributed by atoms with Crippen LogP contribution in [0.3, 0.4) is 0 Å². The Kier molecular flexibility index (Phi) is 6.52. The molecular formula is C21H34N4O. The lowest BCUT2D eigenvalue weighted by atomic mass is 9.87. The first-order valence-electron chi connectivity index (χ1n) is 10.2. The van der Waals surface area contributed by atoms with Gasteiger partial charge in [0.2, 0.25) is 0 Å². The summed E-state index contributed by atoms with van der Waals surface area (Å²) in [6, 6.07) is 2.00. The molecule has 0 aliphatic carbocycles. The molecule has 5 nitrogen and oxygen atoms in total. The van der Waals surface area contributed by atoms with Crippen LogP contribution in [0.25, 0.3) is 0 Å². The fourth-order valence-corrected chi connectivity index (χ4v) is 4.51. The first kappa shape index (κ1) is 19.2. The van der Waals surface area contributed by atoms with Gasteiger partial charge in [0.1, 0.15) is 0 Å². The van der Waals surface area contributed by atoms with Gasteiger partial charge in [-0.15, -0.1) is 0 Å². The quantitative estimate of drug-likeness (QED) is 0.848. The molecule has 26 heavy (non-hydrogen) atoms. The topological polar surface area (TPSA) is 62.5 Å². The Morgan fingerprint density at radius 3 is 2.27 bits per heavy atom. The van der Waals surface area contributed by atoms with Crippen molar-refractivity contribution in [2.45, 2.75) is 51.9 Å². The van der Waals surface area contributed by atoms with Gasteiger partial charge >= 0.3 is 0 Å². The van der Waals surface area contributed by atoms with Crippen LogP contribution in [-0.4, -0.2) is 49.0 Å². The highest BCUT2D eigenvalue weighted by Crippen LogP contribution is 2.30. The summed E-state index contributed by atoms with van der Waals surface area (Å²) in [5.41, 5.74) is 7.99. The van der Waals surface area contributed by atoms with Crippen LogP contribution in [0, 0.1) is 18.8 Å². The van der Waals surface area contributed by atoms with E-state index in [-0.39, 0.29) is 5.91 Å². The minimum Gasteiger partial charge on any atom is -0.371 e. The Bertz CT molecular complexity index is 602. The summed E-state index contributed by atoms with van der Waals surface area (Å²) < 4.78 is 0. The van der Waals surface area contributed by atoms with Crippen LogP contribution >= 0.6 is 0 Å². The molecule has 0 saturated carbocycles. The molecule has 2 N–H and O–H groups in total. The fraction of sp³-hybridized carbons (Fsp3) is 0.714. The number of anilines is 1. The number of pyridine rings is 1. The summed E-state index contributed by atoms with van der Waals surface area (Å²) in [6.07, 6.45) is 11.0. The molecule has 0 radical (unpaired) electrons. The second kappa shape index (κ2) is 8.85. The Hall–Kier alpha value is -1.62. The fourth-order valence-electron chi connectivity index (χ4n) is 4.51. The lowest BCUT2D eigenvalue weighted by molar-refractivity contribution is 0.100. The molecule has 0 bridgehead atoms. The van der Waals surface area contributed by atoms with Crippen LogP contribution in [0.15, 0.2) is 12.3 Å². The van der Waals surface area contributed by atoms with E-state index in [2.05, 4.69) is 21.8 Å². The average Bonchev–Trinajstić information content (AvgIpc) is 2.63. The second-order valence-corrected chi connectivity index (χ2v) is 8.32. The lowest BCUT2D eigenvalue weighted by Crippen LogP contribution is -2.35. The van der Waals surface area contributed by atoms with E-state index in [1.54, 1.807) is 6.20 Å². The molecule has 2 fully saturated rings. The van der Waals surface area contributed by atoms with Crippen LogP contribution in [0.5, 0.6) is 0 Å². The van der Waals surface area contributed by atoms with Gasteiger partial charge in [-0.2, -0.15) is 0 Å². The highest BCUT2D eigenvalue weighted by Gasteiger charge is 2.23. The van der Waals surface area contributed by atoms with E-state index in [0.29, 0.717) is 5.56 Å². The maximum absolute atomic E-state index is 11.7. The van der Waals surface area contributed by atoms with E-state index in [1.807, 2.05) is 13.0 Å². The van der Waals surface area contributed by atoms with Crippen molar-refractivity contribution in [3.8, 4) is 0 Å². The van der Waals surface area contributed by atoms with Gasteiger partial charge in [-0.25, -0.2) is 0 Å². The van der Waals surface area contributed by atoms with Gasteiger partial charge in [0.05, 0.1) is 11.3 Å². The molecule has 3 rings (SSSR count). The molecule has 1 aromatic heterocycles. The summed E-state index contributed by atoms with van der Waals surface area (Å²) in [4.78, 5) is 20.7. The van der Waals surface area contributed by atoms with E-state index >= 15 is 0 Å². The number of amides is 1. The molecule has 2 aliphatic rings. The van der Waals surface area contributed by atoms with Crippen LogP contribution < -0.4 is 10.6 Å². The molecule has 144 valence electrons. The van der Waals surface area contributed by atoms with Gasteiger partial charge in [0.15, 0.2) is 0 Å². The number of aromatic nitrogens is 1. The summed E-state index contributed by atoms with van der Waals surface area (Å²) in [5.74, 6) is 1.40. The molecule has 0 unspecified atom stereocenters. The monoisotopic (exact) mass is 358 g/mol. The second-order valence-electron chi connectivity index (χ2n) is 8.32. The highest BCUT2D eigenvalue weighted by molar-refractivity contribution is 5.98. The van der Waals surface area contributed by atoms with Crippen molar-refractivity contribution >= 4 is 11.6 Å². The van der Waals surface area contributed by atoms with Crippen LogP contribution in [0.2, 0.25) is 0 Å². The minimum atomic E-state index is -0.382. The Balaban J connectivity index is 1.44. The molecule has 0 aromatic carbocycles. The van der Waals surface area contributed by atoms with E-state index < -0.39 is 0 Å². The van der Waals surface area contributed by atoms with E-state index in [4.69, 9.17) is 5.73 Å². The number of likely N-dealkylation sites (tertiary alicyclic amines) is 1. The van der Waals surface area contributed by atoms with Crippen molar-refractivity contribution in [3.05, 3.63) is 23.5 Å².